The van der Waals surface area contributed by atoms with Gasteiger partial charge in [0, 0.05) is 17.1 Å². The van der Waals surface area contributed by atoms with Crippen LogP contribution in [0.25, 0.3) is 22.0 Å². The van der Waals surface area contributed by atoms with Gasteiger partial charge in [0.25, 0.3) is 0 Å². The average Bonchev–Trinajstić information content (AvgIpc) is 2.98. The Bertz CT molecular complexity index is 724. The first-order valence-electron chi connectivity index (χ1n) is 5.74. The summed E-state index contributed by atoms with van der Waals surface area (Å²) in [6.07, 6.45) is 1.76. The monoisotopic (exact) mass is 263 g/mol. The molecule has 19 heavy (non-hydrogen) atoms. The van der Waals surface area contributed by atoms with E-state index < -0.39 is 0 Å². The standard InChI is InChI=1S/C15H9N3S/c16-9-11-4-6-12(7-5-11)14-10-19-15(18-14)13-3-1-2-8-17-13/h1-8,10H. The minimum Gasteiger partial charge on any atom is -0.254 e. The Balaban J connectivity index is 1.95. The molecule has 3 rings (SSSR count). The van der Waals surface area contributed by atoms with E-state index in [-0.39, 0.29) is 0 Å². The summed E-state index contributed by atoms with van der Waals surface area (Å²) in [6, 6.07) is 15.3. The molecule has 0 fully saturated rings. The number of thiazole rings is 1. The molecule has 0 unspecified atom stereocenters. The Labute approximate surface area is 114 Å². The maximum Gasteiger partial charge on any atom is 0.142 e. The molecule has 0 spiro atoms. The van der Waals surface area contributed by atoms with Gasteiger partial charge >= 0.3 is 0 Å². The molecule has 3 nitrogen and oxygen atoms in total. The third-order valence-electron chi connectivity index (χ3n) is 2.70. The zero-order valence-corrected chi connectivity index (χ0v) is 10.8. The lowest BCUT2D eigenvalue weighted by molar-refractivity contribution is 1.29. The van der Waals surface area contributed by atoms with E-state index in [4.69, 9.17) is 5.26 Å². The van der Waals surface area contributed by atoms with E-state index in [9.17, 15) is 0 Å². The fourth-order valence-corrected chi connectivity index (χ4v) is 2.53. The molecular formula is C15H9N3S. The molecule has 3 aromatic rings. The highest BCUT2D eigenvalue weighted by Gasteiger charge is 2.07. The lowest BCUT2D eigenvalue weighted by Gasteiger charge is -1.96. The van der Waals surface area contributed by atoms with Crippen LogP contribution in [-0.2, 0) is 0 Å². The highest BCUT2D eigenvalue weighted by molar-refractivity contribution is 7.13. The molecule has 0 radical (unpaired) electrons. The fraction of sp³-hybridized carbons (Fsp3) is 0. The van der Waals surface area contributed by atoms with E-state index in [2.05, 4.69) is 16.0 Å². The number of nitriles is 1. The molecule has 2 heterocycles. The van der Waals surface area contributed by atoms with Crippen LogP contribution in [0.4, 0.5) is 0 Å². The summed E-state index contributed by atoms with van der Waals surface area (Å²) in [6.45, 7) is 0. The summed E-state index contributed by atoms with van der Waals surface area (Å²) in [5.74, 6) is 0. The number of hydrogen-bond acceptors (Lipinski definition) is 4. The Hall–Kier alpha value is -2.51. The predicted molar refractivity (Wildman–Crippen MR) is 75.5 cm³/mol. The summed E-state index contributed by atoms with van der Waals surface area (Å²) in [5, 5.41) is 11.7. The van der Waals surface area contributed by atoms with Crippen LogP contribution in [-0.4, -0.2) is 9.97 Å². The first kappa shape index (κ1) is 11.6. The lowest BCUT2D eigenvalue weighted by Crippen LogP contribution is -1.82. The van der Waals surface area contributed by atoms with Crippen molar-refractivity contribution < 1.29 is 0 Å². The number of hydrogen-bond donors (Lipinski definition) is 0. The van der Waals surface area contributed by atoms with Crippen LogP contribution in [0.5, 0.6) is 0 Å². The third kappa shape index (κ3) is 2.37. The van der Waals surface area contributed by atoms with Crippen LogP contribution >= 0.6 is 11.3 Å². The first-order chi connectivity index (χ1) is 9.36. The highest BCUT2D eigenvalue weighted by atomic mass is 32.1. The molecule has 0 aliphatic rings. The lowest BCUT2D eigenvalue weighted by atomic mass is 10.1. The van der Waals surface area contributed by atoms with E-state index in [1.807, 2.05) is 35.7 Å². The second kappa shape index (κ2) is 5.01. The van der Waals surface area contributed by atoms with Gasteiger partial charge in [0.15, 0.2) is 0 Å². The topological polar surface area (TPSA) is 49.6 Å². The summed E-state index contributed by atoms with van der Waals surface area (Å²) in [4.78, 5) is 8.87. The molecule has 0 aliphatic carbocycles. The van der Waals surface area contributed by atoms with Crippen LogP contribution in [0, 0.1) is 11.3 Å². The van der Waals surface area contributed by atoms with E-state index in [0.717, 1.165) is 22.0 Å². The Kier molecular flexibility index (Phi) is 3.05. The van der Waals surface area contributed by atoms with E-state index in [1.165, 1.54) is 0 Å². The molecule has 0 amide bonds. The molecule has 2 aromatic heterocycles. The third-order valence-corrected chi connectivity index (χ3v) is 3.56. The quantitative estimate of drug-likeness (QED) is 0.707. The number of benzene rings is 1. The Morgan fingerprint density at radius 3 is 2.53 bits per heavy atom. The smallest absolute Gasteiger partial charge is 0.142 e. The fourth-order valence-electron chi connectivity index (χ4n) is 1.73. The maximum absolute atomic E-state index is 8.78. The second-order valence-corrected chi connectivity index (χ2v) is 4.80. The number of nitrogens with zero attached hydrogens (tertiary/aromatic N) is 3. The zero-order valence-electron chi connectivity index (χ0n) is 9.95. The van der Waals surface area contributed by atoms with Crippen LogP contribution in [0.15, 0.2) is 54.0 Å². The van der Waals surface area contributed by atoms with E-state index >= 15 is 0 Å². The molecule has 4 heteroatoms. The normalized spacial score (nSPS) is 10.1. The van der Waals surface area contributed by atoms with Crippen molar-refractivity contribution in [2.45, 2.75) is 0 Å². The van der Waals surface area contributed by atoms with Gasteiger partial charge in [-0.2, -0.15) is 5.26 Å². The van der Waals surface area contributed by atoms with E-state index in [1.54, 1.807) is 29.7 Å². The highest BCUT2D eigenvalue weighted by Crippen LogP contribution is 2.27. The molecule has 1 aromatic carbocycles. The van der Waals surface area contributed by atoms with Crippen molar-refractivity contribution in [3.05, 3.63) is 59.6 Å². The summed E-state index contributed by atoms with van der Waals surface area (Å²) in [7, 11) is 0. The molecule has 0 atom stereocenters. The second-order valence-electron chi connectivity index (χ2n) is 3.94. The SMILES string of the molecule is N#Cc1ccc(-c2csc(-c3ccccn3)n2)cc1. The van der Waals surface area contributed by atoms with Crippen molar-refractivity contribution in [2.75, 3.05) is 0 Å². The van der Waals surface area contributed by atoms with Crippen LogP contribution in [0.2, 0.25) is 0 Å². The van der Waals surface area contributed by atoms with Crippen molar-refractivity contribution in [1.29, 1.82) is 5.26 Å². The Morgan fingerprint density at radius 2 is 1.84 bits per heavy atom. The van der Waals surface area contributed by atoms with Crippen molar-refractivity contribution in [3.63, 3.8) is 0 Å². The molecule has 0 saturated carbocycles. The Morgan fingerprint density at radius 1 is 1.00 bits per heavy atom. The van der Waals surface area contributed by atoms with Crippen LogP contribution < -0.4 is 0 Å². The predicted octanol–water partition coefficient (Wildman–Crippen LogP) is 3.74. The largest absolute Gasteiger partial charge is 0.254 e. The van der Waals surface area contributed by atoms with E-state index in [0.29, 0.717) is 5.56 Å². The average molecular weight is 263 g/mol. The zero-order chi connectivity index (χ0) is 13.1. The van der Waals surface area contributed by atoms with Gasteiger partial charge in [-0.05, 0) is 24.3 Å². The van der Waals surface area contributed by atoms with Gasteiger partial charge in [0.05, 0.1) is 23.0 Å². The minimum absolute atomic E-state index is 0.656. The van der Waals surface area contributed by atoms with Gasteiger partial charge in [-0.1, -0.05) is 18.2 Å². The van der Waals surface area contributed by atoms with Gasteiger partial charge in [-0.3, -0.25) is 4.98 Å². The van der Waals surface area contributed by atoms with Crippen molar-refractivity contribution in [3.8, 4) is 28.0 Å². The van der Waals surface area contributed by atoms with Crippen LogP contribution in [0.1, 0.15) is 5.56 Å². The number of pyridine rings is 1. The van der Waals surface area contributed by atoms with Gasteiger partial charge in [-0.15, -0.1) is 11.3 Å². The first-order valence-corrected chi connectivity index (χ1v) is 6.62. The van der Waals surface area contributed by atoms with Gasteiger partial charge in [-0.25, -0.2) is 4.98 Å². The molecular weight excluding hydrogens is 254 g/mol. The van der Waals surface area contributed by atoms with Crippen molar-refractivity contribution >= 4 is 11.3 Å². The van der Waals surface area contributed by atoms with Gasteiger partial charge < -0.3 is 0 Å². The van der Waals surface area contributed by atoms with Gasteiger partial charge in [0.2, 0.25) is 0 Å². The minimum atomic E-state index is 0.656. The molecule has 0 N–H and O–H groups in total. The summed E-state index contributed by atoms with van der Waals surface area (Å²) in [5.41, 5.74) is 3.46. The molecule has 0 saturated heterocycles. The summed E-state index contributed by atoms with van der Waals surface area (Å²) < 4.78 is 0. The maximum atomic E-state index is 8.78. The molecule has 90 valence electrons. The number of rotatable bonds is 2. The van der Waals surface area contributed by atoms with Crippen LogP contribution in [0.3, 0.4) is 0 Å². The van der Waals surface area contributed by atoms with Crippen molar-refractivity contribution in [2.24, 2.45) is 0 Å². The van der Waals surface area contributed by atoms with Crippen molar-refractivity contribution in [1.82, 2.24) is 9.97 Å². The van der Waals surface area contributed by atoms with Gasteiger partial charge in [0.1, 0.15) is 5.01 Å². The number of aromatic nitrogens is 2. The summed E-state index contributed by atoms with van der Waals surface area (Å²) >= 11 is 1.57. The molecule has 0 aliphatic heterocycles. The molecule has 0 bridgehead atoms.